The average molecular weight is 352 g/mol. The highest BCUT2D eigenvalue weighted by Crippen LogP contribution is 2.23. The van der Waals surface area contributed by atoms with Crippen LogP contribution < -0.4 is 10.2 Å². The number of pyridine rings is 1. The Morgan fingerprint density at radius 1 is 1.27 bits per heavy atom. The largest absolute Gasteiger partial charge is 0.496 e. The number of nitrogens with zero attached hydrogens (tertiary/aromatic N) is 3. The molecule has 0 spiro atoms. The number of amides is 1. The second-order valence-electron chi connectivity index (χ2n) is 6.39. The molecule has 1 aromatic heterocycles. The number of aromatic nitrogens is 1. The first kappa shape index (κ1) is 18.1. The van der Waals surface area contributed by atoms with Crippen molar-refractivity contribution in [3.05, 3.63) is 59.4 Å². The van der Waals surface area contributed by atoms with Gasteiger partial charge in [0.15, 0.2) is 0 Å². The van der Waals surface area contributed by atoms with Crippen LogP contribution in [-0.4, -0.2) is 41.7 Å². The Morgan fingerprint density at radius 3 is 2.77 bits per heavy atom. The van der Waals surface area contributed by atoms with Crippen molar-refractivity contribution in [1.82, 2.24) is 15.3 Å². The third kappa shape index (κ3) is 4.46. The molecule has 0 atom stereocenters. The summed E-state index contributed by atoms with van der Waals surface area (Å²) in [5.74, 6) is 0.607. The molecule has 136 valence electrons. The minimum absolute atomic E-state index is 0.275. The molecule has 2 heterocycles. The molecule has 0 radical (unpaired) electrons. The standard InChI is InChI=1S/C20H24N4O2/c1-15(22-23-20(25)17-6-5-9-21-13-17)16-7-8-19(26-2)18(12-16)14-24-10-3-4-11-24/h5-9,12-13H,3-4,10-11,14H2,1-2H3,(H,23,25)/b22-15-. The molecule has 1 saturated heterocycles. The molecule has 1 amide bonds. The van der Waals surface area contributed by atoms with Gasteiger partial charge >= 0.3 is 0 Å². The van der Waals surface area contributed by atoms with Gasteiger partial charge in [-0.2, -0.15) is 5.10 Å². The first-order valence-electron chi connectivity index (χ1n) is 8.81. The smallest absolute Gasteiger partial charge is 0.272 e. The van der Waals surface area contributed by atoms with E-state index in [-0.39, 0.29) is 5.91 Å². The van der Waals surface area contributed by atoms with Crippen molar-refractivity contribution in [3.63, 3.8) is 0 Å². The lowest BCUT2D eigenvalue weighted by Crippen LogP contribution is -2.20. The van der Waals surface area contributed by atoms with E-state index in [2.05, 4.69) is 26.5 Å². The summed E-state index contributed by atoms with van der Waals surface area (Å²) in [5, 5.41) is 4.23. The summed E-state index contributed by atoms with van der Waals surface area (Å²) in [5.41, 5.74) is 5.91. The van der Waals surface area contributed by atoms with Gasteiger partial charge in [0, 0.05) is 24.5 Å². The highest BCUT2D eigenvalue weighted by atomic mass is 16.5. The van der Waals surface area contributed by atoms with E-state index in [0.717, 1.165) is 42.2 Å². The van der Waals surface area contributed by atoms with E-state index in [1.54, 1.807) is 25.4 Å². The van der Waals surface area contributed by atoms with Crippen molar-refractivity contribution < 1.29 is 9.53 Å². The summed E-state index contributed by atoms with van der Waals surface area (Å²) in [4.78, 5) is 18.5. The number of nitrogens with one attached hydrogen (secondary N) is 1. The monoisotopic (exact) mass is 352 g/mol. The van der Waals surface area contributed by atoms with Gasteiger partial charge in [0.2, 0.25) is 0 Å². The molecule has 1 aliphatic rings. The van der Waals surface area contributed by atoms with E-state index in [4.69, 9.17) is 4.74 Å². The highest BCUT2D eigenvalue weighted by Gasteiger charge is 2.15. The first-order valence-corrected chi connectivity index (χ1v) is 8.81. The van der Waals surface area contributed by atoms with Gasteiger partial charge in [-0.3, -0.25) is 14.7 Å². The van der Waals surface area contributed by atoms with Crippen LogP contribution in [0.2, 0.25) is 0 Å². The van der Waals surface area contributed by atoms with Crippen molar-refractivity contribution in [2.45, 2.75) is 26.3 Å². The summed E-state index contributed by atoms with van der Waals surface area (Å²) in [7, 11) is 1.69. The van der Waals surface area contributed by atoms with E-state index in [9.17, 15) is 4.79 Å². The zero-order valence-electron chi connectivity index (χ0n) is 15.2. The summed E-state index contributed by atoms with van der Waals surface area (Å²) in [6, 6.07) is 9.44. The molecule has 1 aliphatic heterocycles. The van der Waals surface area contributed by atoms with Gasteiger partial charge < -0.3 is 4.74 Å². The van der Waals surface area contributed by atoms with Gasteiger partial charge in [-0.25, -0.2) is 5.43 Å². The molecule has 0 aliphatic carbocycles. The maximum atomic E-state index is 12.1. The lowest BCUT2D eigenvalue weighted by molar-refractivity contribution is 0.0954. The summed E-state index contributed by atoms with van der Waals surface area (Å²) >= 11 is 0. The second kappa shape index (κ2) is 8.58. The lowest BCUT2D eigenvalue weighted by Gasteiger charge is -2.17. The Hall–Kier alpha value is -2.73. The molecule has 1 aromatic carbocycles. The Kier molecular flexibility index (Phi) is 5.96. The van der Waals surface area contributed by atoms with E-state index in [1.807, 2.05) is 19.1 Å². The summed E-state index contributed by atoms with van der Waals surface area (Å²) in [6.45, 7) is 5.00. The van der Waals surface area contributed by atoms with Crippen LogP contribution in [0, 0.1) is 0 Å². The van der Waals surface area contributed by atoms with Crippen molar-refractivity contribution in [1.29, 1.82) is 0 Å². The number of rotatable bonds is 6. The summed E-state index contributed by atoms with van der Waals surface area (Å²) in [6.07, 6.45) is 5.65. The number of carbonyl (C=O) groups is 1. The molecule has 1 N–H and O–H groups in total. The maximum absolute atomic E-state index is 12.1. The van der Waals surface area contributed by atoms with E-state index in [0.29, 0.717) is 5.56 Å². The molecule has 6 heteroatoms. The van der Waals surface area contributed by atoms with Crippen molar-refractivity contribution in [2.75, 3.05) is 20.2 Å². The zero-order valence-corrected chi connectivity index (χ0v) is 15.2. The molecular weight excluding hydrogens is 328 g/mol. The Labute approximate surface area is 153 Å². The first-order chi connectivity index (χ1) is 12.7. The number of hydrogen-bond acceptors (Lipinski definition) is 5. The highest BCUT2D eigenvalue weighted by molar-refractivity contribution is 6.01. The molecule has 0 bridgehead atoms. The van der Waals surface area contributed by atoms with Gasteiger partial charge in [-0.05, 0) is 68.8 Å². The predicted molar refractivity (Wildman–Crippen MR) is 101 cm³/mol. The van der Waals surface area contributed by atoms with E-state index < -0.39 is 0 Å². The van der Waals surface area contributed by atoms with Gasteiger partial charge in [0.25, 0.3) is 5.91 Å². The minimum atomic E-state index is -0.275. The molecule has 26 heavy (non-hydrogen) atoms. The Morgan fingerprint density at radius 2 is 2.08 bits per heavy atom. The van der Waals surface area contributed by atoms with Crippen LogP contribution in [0.3, 0.4) is 0 Å². The van der Waals surface area contributed by atoms with E-state index in [1.165, 1.54) is 19.0 Å². The van der Waals surface area contributed by atoms with Gasteiger partial charge in [0.1, 0.15) is 5.75 Å². The number of hydrazone groups is 1. The molecule has 1 fully saturated rings. The van der Waals surface area contributed by atoms with Crippen LogP contribution >= 0.6 is 0 Å². The second-order valence-corrected chi connectivity index (χ2v) is 6.39. The third-order valence-corrected chi connectivity index (χ3v) is 4.54. The molecule has 6 nitrogen and oxygen atoms in total. The van der Waals surface area contributed by atoms with Crippen LogP contribution in [-0.2, 0) is 6.54 Å². The number of hydrogen-bond donors (Lipinski definition) is 1. The molecule has 3 rings (SSSR count). The fourth-order valence-corrected chi connectivity index (χ4v) is 3.07. The average Bonchev–Trinajstić information content (AvgIpc) is 3.19. The summed E-state index contributed by atoms with van der Waals surface area (Å²) < 4.78 is 5.50. The van der Waals surface area contributed by atoms with E-state index >= 15 is 0 Å². The van der Waals surface area contributed by atoms with Gasteiger partial charge in [0.05, 0.1) is 18.4 Å². The zero-order chi connectivity index (χ0) is 18.4. The van der Waals surface area contributed by atoms with Crippen LogP contribution in [0.5, 0.6) is 5.75 Å². The Balaban J connectivity index is 1.73. The SMILES string of the molecule is COc1ccc(/C(C)=N\NC(=O)c2cccnc2)cc1CN1CCCC1. The molecule has 0 saturated carbocycles. The number of carbonyl (C=O) groups excluding carboxylic acids is 1. The van der Waals surface area contributed by atoms with Crippen LogP contribution in [0.15, 0.2) is 47.8 Å². The molecule has 0 unspecified atom stereocenters. The quantitative estimate of drug-likeness (QED) is 0.641. The predicted octanol–water partition coefficient (Wildman–Crippen LogP) is 2.84. The topological polar surface area (TPSA) is 66.8 Å². The van der Waals surface area contributed by atoms with Gasteiger partial charge in [-0.15, -0.1) is 0 Å². The fourth-order valence-electron chi connectivity index (χ4n) is 3.07. The molecular formula is C20H24N4O2. The van der Waals surface area contributed by atoms with Crippen molar-refractivity contribution in [2.24, 2.45) is 5.10 Å². The van der Waals surface area contributed by atoms with Crippen LogP contribution in [0.1, 0.15) is 41.3 Å². The normalized spacial score (nSPS) is 15.1. The third-order valence-electron chi connectivity index (χ3n) is 4.54. The minimum Gasteiger partial charge on any atom is -0.496 e. The number of likely N-dealkylation sites (tertiary alicyclic amines) is 1. The van der Waals surface area contributed by atoms with Crippen molar-refractivity contribution >= 4 is 11.6 Å². The van der Waals surface area contributed by atoms with Gasteiger partial charge in [-0.1, -0.05) is 0 Å². The van der Waals surface area contributed by atoms with Crippen LogP contribution in [0.25, 0.3) is 0 Å². The number of benzene rings is 1. The molecule has 2 aromatic rings. The number of ether oxygens (including phenoxy) is 1. The lowest BCUT2D eigenvalue weighted by atomic mass is 10.1. The Bertz CT molecular complexity index is 784. The van der Waals surface area contributed by atoms with Crippen molar-refractivity contribution in [3.8, 4) is 5.75 Å². The maximum Gasteiger partial charge on any atom is 0.272 e. The fraction of sp³-hybridized carbons (Fsp3) is 0.350. The van der Waals surface area contributed by atoms with Crippen LogP contribution in [0.4, 0.5) is 0 Å². The number of methoxy groups -OCH3 is 1.